The molecule has 0 aromatic heterocycles. The van der Waals surface area contributed by atoms with Crippen molar-refractivity contribution in [3.05, 3.63) is 0 Å². The Bertz CT molecular complexity index is 315. The monoisotopic (exact) mass is 288 g/mol. The number of aliphatic hydroxyl groups is 2. The van der Waals surface area contributed by atoms with Gasteiger partial charge in [0.25, 0.3) is 0 Å². The highest BCUT2D eigenvalue weighted by Gasteiger charge is 2.35. The lowest BCUT2D eigenvalue weighted by atomic mass is 9.97. The Balaban J connectivity index is 2.53. The van der Waals surface area contributed by atoms with Crippen LogP contribution >= 0.6 is 0 Å². The molecule has 1 aliphatic rings. The Labute approximate surface area is 121 Å². The lowest BCUT2D eigenvalue weighted by Gasteiger charge is -2.33. The quantitative estimate of drug-likeness (QED) is 0.694. The van der Waals surface area contributed by atoms with Gasteiger partial charge in [0.2, 0.25) is 0 Å². The van der Waals surface area contributed by atoms with Gasteiger partial charge in [0.05, 0.1) is 18.8 Å². The number of amides is 1. The third kappa shape index (κ3) is 4.61. The van der Waals surface area contributed by atoms with Crippen molar-refractivity contribution < 1.29 is 19.7 Å². The van der Waals surface area contributed by atoms with E-state index in [0.717, 1.165) is 6.42 Å². The van der Waals surface area contributed by atoms with Crippen molar-refractivity contribution >= 4 is 6.09 Å². The molecule has 1 heterocycles. The van der Waals surface area contributed by atoms with Gasteiger partial charge in [0, 0.05) is 19.1 Å². The topological polar surface area (TPSA) is 82.0 Å². The lowest BCUT2D eigenvalue weighted by Crippen LogP contribution is -2.56. The number of hydrogen-bond acceptors (Lipinski definition) is 5. The summed E-state index contributed by atoms with van der Waals surface area (Å²) in [5.74, 6) is 0. The Morgan fingerprint density at radius 3 is 2.40 bits per heavy atom. The standard InChI is InChI=1S/C14H28N2O4/c1-5-14(9-17,10-18)15-11-6-7-16(8-11)12(19)20-13(2,3)4/h11,15,17-18H,5-10H2,1-4H3. The lowest BCUT2D eigenvalue weighted by molar-refractivity contribution is 0.0283. The number of aliphatic hydroxyl groups excluding tert-OH is 2. The first-order valence-corrected chi connectivity index (χ1v) is 7.22. The van der Waals surface area contributed by atoms with Gasteiger partial charge in [0.15, 0.2) is 0 Å². The second-order valence-corrected chi connectivity index (χ2v) is 6.51. The zero-order chi connectivity index (χ0) is 15.4. The highest BCUT2D eigenvalue weighted by Crippen LogP contribution is 2.18. The highest BCUT2D eigenvalue weighted by atomic mass is 16.6. The van der Waals surface area contributed by atoms with Gasteiger partial charge in [-0.2, -0.15) is 0 Å². The fourth-order valence-corrected chi connectivity index (χ4v) is 2.27. The SMILES string of the molecule is CCC(CO)(CO)NC1CCN(C(=O)OC(C)(C)C)C1. The van der Waals surface area contributed by atoms with Crippen LogP contribution in [0.25, 0.3) is 0 Å². The number of likely N-dealkylation sites (tertiary alicyclic amines) is 1. The van der Waals surface area contributed by atoms with Crippen LogP contribution in [0.15, 0.2) is 0 Å². The van der Waals surface area contributed by atoms with Crippen molar-refractivity contribution in [1.29, 1.82) is 0 Å². The summed E-state index contributed by atoms with van der Waals surface area (Å²) in [6, 6.07) is 0.0711. The zero-order valence-corrected chi connectivity index (χ0v) is 13.0. The maximum absolute atomic E-state index is 12.0. The number of carbonyl (C=O) groups is 1. The maximum atomic E-state index is 12.0. The molecule has 118 valence electrons. The van der Waals surface area contributed by atoms with Gasteiger partial charge in [-0.3, -0.25) is 0 Å². The van der Waals surface area contributed by atoms with Crippen molar-refractivity contribution in [3.8, 4) is 0 Å². The molecule has 0 aliphatic carbocycles. The summed E-state index contributed by atoms with van der Waals surface area (Å²) in [4.78, 5) is 13.6. The van der Waals surface area contributed by atoms with Crippen LogP contribution in [0.4, 0.5) is 4.79 Å². The number of rotatable bonds is 5. The first kappa shape index (κ1) is 17.2. The van der Waals surface area contributed by atoms with Crippen LogP contribution in [0.5, 0.6) is 0 Å². The maximum Gasteiger partial charge on any atom is 0.410 e. The molecule has 0 saturated carbocycles. The fourth-order valence-electron chi connectivity index (χ4n) is 2.27. The minimum absolute atomic E-state index is 0.0711. The Kier molecular flexibility index (Phi) is 5.79. The van der Waals surface area contributed by atoms with Crippen molar-refractivity contribution in [3.63, 3.8) is 0 Å². The van der Waals surface area contributed by atoms with Gasteiger partial charge < -0.3 is 25.2 Å². The molecule has 1 unspecified atom stereocenters. The summed E-state index contributed by atoms with van der Waals surface area (Å²) >= 11 is 0. The van der Waals surface area contributed by atoms with E-state index in [1.165, 1.54) is 0 Å². The normalized spacial score (nSPS) is 20.3. The van der Waals surface area contributed by atoms with Gasteiger partial charge in [-0.1, -0.05) is 6.92 Å². The predicted octanol–water partition coefficient (Wildman–Crippen LogP) is 0.719. The van der Waals surface area contributed by atoms with E-state index >= 15 is 0 Å². The molecular formula is C14H28N2O4. The van der Waals surface area contributed by atoms with E-state index in [-0.39, 0.29) is 25.3 Å². The van der Waals surface area contributed by atoms with Gasteiger partial charge in [-0.25, -0.2) is 4.79 Å². The number of ether oxygens (including phenoxy) is 1. The van der Waals surface area contributed by atoms with E-state index in [0.29, 0.717) is 19.5 Å². The molecule has 1 atom stereocenters. The van der Waals surface area contributed by atoms with Crippen molar-refractivity contribution in [2.24, 2.45) is 0 Å². The third-order valence-electron chi connectivity index (χ3n) is 3.63. The van der Waals surface area contributed by atoms with E-state index in [1.807, 2.05) is 27.7 Å². The molecule has 20 heavy (non-hydrogen) atoms. The smallest absolute Gasteiger partial charge is 0.410 e. The Morgan fingerprint density at radius 2 is 1.95 bits per heavy atom. The summed E-state index contributed by atoms with van der Waals surface area (Å²) in [5, 5.41) is 22.2. The van der Waals surface area contributed by atoms with Gasteiger partial charge in [-0.05, 0) is 33.6 Å². The molecule has 6 nitrogen and oxygen atoms in total. The zero-order valence-electron chi connectivity index (χ0n) is 13.0. The minimum Gasteiger partial charge on any atom is -0.444 e. The highest BCUT2D eigenvalue weighted by molar-refractivity contribution is 5.68. The number of hydrogen-bond donors (Lipinski definition) is 3. The molecule has 0 aromatic rings. The third-order valence-corrected chi connectivity index (χ3v) is 3.63. The summed E-state index contributed by atoms with van der Waals surface area (Å²) in [5.41, 5.74) is -1.17. The first-order chi connectivity index (χ1) is 9.25. The second kappa shape index (κ2) is 6.74. The van der Waals surface area contributed by atoms with E-state index < -0.39 is 11.1 Å². The van der Waals surface area contributed by atoms with Crippen molar-refractivity contribution in [2.45, 2.75) is 57.7 Å². The molecule has 0 radical (unpaired) electrons. The summed E-state index contributed by atoms with van der Waals surface area (Å²) < 4.78 is 5.34. The van der Waals surface area contributed by atoms with E-state index in [1.54, 1.807) is 4.90 Å². The number of nitrogens with zero attached hydrogens (tertiary/aromatic N) is 1. The molecule has 0 spiro atoms. The average Bonchev–Trinajstić information content (AvgIpc) is 2.82. The molecule has 1 aliphatic heterocycles. The van der Waals surface area contributed by atoms with Crippen LogP contribution in [-0.4, -0.2) is 64.7 Å². The number of carbonyl (C=O) groups excluding carboxylic acids is 1. The van der Waals surface area contributed by atoms with Crippen LogP contribution in [0.3, 0.4) is 0 Å². The van der Waals surface area contributed by atoms with Gasteiger partial charge >= 0.3 is 6.09 Å². The fraction of sp³-hybridized carbons (Fsp3) is 0.929. The largest absolute Gasteiger partial charge is 0.444 e. The predicted molar refractivity (Wildman–Crippen MR) is 76.5 cm³/mol. The average molecular weight is 288 g/mol. The molecule has 6 heteroatoms. The van der Waals surface area contributed by atoms with E-state index in [2.05, 4.69) is 5.32 Å². The molecule has 1 amide bonds. The van der Waals surface area contributed by atoms with E-state index in [4.69, 9.17) is 4.74 Å². The van der Waals surface area contributed by atoms with Crippen molar-refractivity contribution in [2.75, 3.05) is 26.3 Å². The second-order valence-electron chi connectivity index (χ2n) is 6.51. The minimum atomic E-state index is -0.672. The molecule has 1 saturated heterocycles. The molecule has 3 N–H and O–H groups in total. The summed E-state index contributed by atoms with van der Waals surface area (Å²) in [6.07, 6.45) is 1.11. The Hall–Kier alpha value is -0.850. The van der Waals surface area contributed by atoms with Crippen molar-refractivity contribution in [1.82, 2.24) is 10.2 Å². The molecule has 1 rings (SSSR count). The first-order valence-electron chi connectivity index (χ1n) is 7.22. The molecule has 0 bridgehead atoms. The van der Waals surface area contributed by atoms with E-state index in [9.17, 15) is 15.0 Å². The molecule has 1 fully saturated rings. The van der Waals surface area contributed by atoms with Crippen LogP contribution in [0.2, 0.25) is 0 Å². The summed E-state index contributed by atoms with van der Waals surface area (Å²) in [7, 11) is 0. The van der Waals surface area contributed by atoms with Crippen LogP contribution < -0.4 is 5.32 Å². The molecular weight excluding hydrogens is 260 g/mol. The summed E-state index contributed by atoms with van der Waals surface area (Å²) in [6.45, 7) is 8.37. The Morgan fingerprint density at radius 1 is 1.35 bits per heavy atom. The van der Waals surface area contributed by atoms with Crippen LogP contribution in [0.1, 0.15) is 40.5 Å². The van der Waals surface area contributed by atoms with Crippen LogP contribution in [0, 0.1) is 0 Å². The van der Waals surface area contributed by atoms with Gasteiger partial charge in [0.1, 0.15) is 5.60 Å². The molecule has 0 aromatic carbocycles. The van der Waals surface area contributed by atoms with Crippen LogP contribution in [-0.2, 0) is 4.74 Å². The number of nitrogens with one attached hydrogen (secondary N) is 1. The van der Waals surface area contributed by atoms with Gasteiger partial charge in [-0.15, -0.1) is 0 Å².